The van der Waals surface area contributed by atoms with E-state index in [1.807, 2.05) is 78.2 Å². The number of nitrogens with zero attached hydrogens (tertiary/aromatic N) is 5. The van der Waals surface area contributed by atoms with E-state index >= 15 is 0 Å². The maximum atomic E-state index is 5.00. The van der Waals surface area contributed by atoms with Gasteiger partial charge < -0.3 is 0 Å². The molecule has 0 amide bonds. The topological polar surface area (TPSA) is 56.5 Å². The molecule has 0 radical (unpaired) electrons. The predicted octanol–water partition coefficient (Wildman–Crippen LogP) is 11.4. The Balaban J connectivity index is 1.07. The van der Waals surface area contributed by atoms with Gasteiger partial charge in [0.2, 0.25) is 0 Å². The summed E-state index contributed by atoms with van der Waals surface area (Å²) in [5.41, 5.74) is 7.32. The summed E-state index contributed by atoms with van der Waals surface area (Å²) >= 11 is 1.85. The number of hydrogen-bond acceptors (Lipinski definition) is 5. The van der Waals surface area contributed by atoms with Crippen LogP contribution in [0.15, 0.2) is 164 Å². The molecular weight excluding hydrogens is 631 g/mol. The Morgan fingerprint density at radius 2 is 0.920 bits per heavy atom. The minimum atomic E-state index is 0.582. The summed E-state index contributed by atoms with van der Waals surface area (Å²) < 4.78 is 4.87. The summed E-state index contributed by atoms with van der Waals surface area (Å²) in [4.78, 5) is 19.6. The van der Waals surface area contributed by atoms with Crippen LogP contribution >= 0.6 is 11.3 Å². The molecule has 234 valence electrons. The lowest BCUT2D eigenvalue weighted by Crippen LogP contribution is -2.01. The number of para-hydroxylation sites is 1. The summed E-state index contributed by atoms with van der Waals surface area (Å²) in [5.74, 6) is 2.67. The van der Waals surface area contributed by atoms with Crippen LogP contribution in [0.5, 0.6) is 0 Å². The molecule has 0 spiro atoms. The van der Waals surface area contributed by atoms with Crippen molar-refractivity contribution in [2.24, 2.45) is 0 Å². The van der Waals surface area contributed by atoms with Gasteiger partial charge in [-0.15, -0.1) is 11.3 Å². The Morgan fingerprint density at radius 1 is 0.380 bits per heavy atom. The van der Waals surface area contributed by atoms with Crippen molar-refractivity contribution in [2.45, 2.75) is 0 Å². The van der Waals surface area contributed by atoms with Crippen molar-refractivity contribution < 1.29 is 0 Å². The average molecular weight is 658 g/mol. The summed E-state index contributed by atoms with van der Waals surface area (Å²) in [6.07, 6.45) is 1.86. The van der Waals surface area contributed by atoms with Crippen molar-refractivity contribution in [3.63, 3.8) is 0 Å². The van der Waals surface area contributed by atoms with E-state index in [2.05, 4.69) is 102 Å². The highest BCUT2D eigenvalue weighted by molar-refractivity contribution is 7.25. The first kappa shape index (κ1) is 28.5. The fourth-order valence-corrected chi connectivity index (χ4v) is 7.98. The highest BCUT2D eigenvalue weighted by atomic mass is 32.1. The van der Waals surface area contributed by atoms with E-state index in [1.165, 1.54) is 42.1 Å². The monoisotopic (exact) mass is 657 g/mol. The third kappa shape index (κ3) is 4.77. The van der Waals surface area contributed by atoms with E-state index in [1.54, 1.807) is 0 Å². The summed E-state index contributed by atoms with van der Waals surface area (Å²) in [7, 11) is 0. The molecule has 0 aliphatic carbocycles. The van der Waals surface area contributed by atoms with Gasteiger partial charge in [-0.05, 0) is 59.7 Å². The first-order valence-corrected chi connectivity index (χ1v) is 17.4. The number of aromatic nitrogens is 5. The van der Waals surface area contributed by atoms with Gasteiger partial charge in [-0.1, -0.05) is 109 Å². The average Bonchev–Trinajstić information content (AvgIpc) is 3.73. The van der Waals surface area contributed by atoms with E-state index in [4.69, 9.17) is 19.9 Å². The van der Waals surface area contributed by atoms with Crippen molar-refractivity contribution >= 4 is 53.3 Å². The van der Waals surface area contributed by atoms with Crippen LogP contribution in [0.3, 0.4) is 0 Å². The first-order valence-electron chi connectivity index (χ1n) is 16.6. The predicted molar refractivity (Wildman–Crippen MR) is 207 cm³/mol. The minimum Gasteiger partial charge on any atom is -0.294 e. The van der Waals surface area contributed by atoms with Crippen molar-refractivity contribution in [2.75, 3.05) is 0 Å². The normalized spacial score (nSPS) is 11.6. The Morgan fingerprint density at radius 3 is 1.62 bits per heavy atom. The number of fused-ring (bicyclic) bond motifs is 6. The molecular formula is C44H27N5S. The molecule has 0 saturated heterocycles. The van der Waals surface area contributed by atoms with Gasteiger partial charge in [0.05, 0.1) is 11.0 Å². The Hall–Kier alpha value is -6.50. The van der Waals surface area contributed by atoms with Gasteiger partial charge in [-0.25, -0.2) is 19.9 Å². The highest BCUT2D eigenvalue weighted by Gasteiger charge is 2.16. The first-order chi connectivity index (χ1) is 24.8. The third-order valence-corrected chi connectivity index (χ3v) is 10.5. The Bertz CT molecular complexity index is 2800. The van der Waals surface area contributed by atoms with Gasteiger partial charge in [0.15, 0.2) is 17.5 Å². The van der Waals surface area contributed by atoms with E-state index < -0.39 is 0 Å². The van der Waals surface area contributed by atoms with Gasteiger partial charge in [0.1, 0.15) is 5.82 Å². The number of thiophene rings is 1. The molecule has 4 heterocycles. The number of hydrogen-bond donors (Lipinski definition) is 0. The lowest BCUT2D eigenvalue weighted by Gasteiger charge is -2.10. The molecule has 0 N–H and O–H groups in total. The number of rotatable bonds is 5. The molecule has 0 atom stereocenters. The molecule has 5 nitrogen and oxygen atoms in total. The largest absolute Gasteiger partial charge is 0.294 e. The van der Waals surface area contributed by atoms with Gasteiger partial charge in [-0.3, -0.25) is 4.57 Å². The van der Waals surface area contributed by atoms with Crippen LogP contribution in [-0.2, 0) is 0 Å². The highest BCUT2D eigenvalue weighted by Crippen LogP contribution is 2.39. The molecule has 50 heavy (non-hydrogen) atoms. The fourth-order valence-electron chi connectivity index (χ4n) is 6.89. The van der Waals surface area contributed by atoms with E-state index in [9.17, 15) is 0 Å². The Kier molecular flexibility index (Phi) is 6.60. The third-order valence-electron chi connectivity index (χ3n) is 9.32. The maximum Gasteiger partial charge on any atom is 0.165 e. The summed E-state index contributed by atoms with van der Waals surface area (Å²) in [6.45, 7) is 0. The van der Waals surface area contributed by atoms with Gasteiger partial charge in [0.25, 0.3) is 0 Å². The molecule has 6 aromatic carbocycles. The minimum absolute atomic E-state index is 0.582. The molecule has 0 saturated carbocycles. The smallest absolute Gasteiger partial charge is 0.165 e. The van der Waals surface area contributed by atoms with Gasteiger partial charge >= 0.3 is 0 Å². The molecule has 10 aromatic rings. The number of pyridine rings is 1. The lowest BCUT2D eigenvalue weighted by molar-refractivity contribution is 1.05. The van der Waals surface area contributed by atoms with Crippen molar-refractivity contribution in [1.29, 1.82) is 0 Å². The summed E-state index contributed by atoms with van der Waals surface area (Å²) in [5, 5.41) is 5.00. The standard InChI is InChI=1S/C44H27N5S/c1-3-11-28(12-4-1)42-46-43(29-13-5-2-6-14-29)48-44(47-42)32-21-24-41(45-27-32)49-37-17-9-7-15-33(37)35-25-30(19-22-38(35)49)31-20-23-40-36(26-31)34-16-8-10-18-39(34)50-40/h1-27H. The molecule has 0 bridgehead atoms. The molecule has 0 aliphatic heterocycles. The van der Waals surface area contributed by atoms with Gasteiger partial charge in [-0.2, -0.15) is 0 Å². The number of benzene rings is 6. The van der Waals surface area contributed by atoms with Crippen LogP contribution in [-0.4, -0.2) is 24.5 Å². The van der Waals surface area contributed by atoms with E-state index in [0.717, 1.165) is 33.5 Å². The van der Waals surface area contributed by atoms with Crippen LogP contribution in [0, 0.1) is 0 Å². The SMILES string of the molecule is c1ccc(-c2nc(-c3ccccc3)nc(-c3ccc(-n4c5ccccc5c5cc(-c6ccc7sc8ccccc8c7c6)ccc54)nc3)n2)cc1. The van der Waals surface area contributed by atoms with Crippen LogP contribution < -0.4 is 0 Å². The molecule has 0 aliphatic rings. The quantitative estimate of drug-likeness (QED) is 0.185. The maximum absolute atomic E-state index is 5.00. The van der Waals surface area contributed by atoms with E-state index in [0.29, 0.717) is 17.5 Å². The van der Waals surface area contributed by atoms with Crippen molar-refractivity contribution in [1.82, 2.24) is 24.5 Å². The molecule has 6 heteroatoms. The molecule has 0 unspecified atom stereocenters. The second kappa shape index (κ2) is 11.6. The lowest BCUT2D eigenvalue weighted by atomic mass is 10.0. The van der Waals surface area contributed by atoms with Crippen LogP contribution in [0.25, 0.3) is 93.1 Å². The van der Waals surface area contributed by atoms with Gasteiger partial charge in [0, 0.05) is 53.8 Å². The van der Waals surface area contributed by atoms with Crippen LogP contribution in [0.2, 0.25) is 0 Å². The zero-order valence-corrected chi connectivity index (χ0v) is 27.5. The molecule has 4 aromatic heterocycles. The fraction of sp³-hybridized carbons (Fsp3) is 0. The molecule has 0 fully saturated rings. The molecule has 10 rings (SSSR count). The zero-order chi connectivity index (χ0) is 33.0. The van der Waals surface area contributed by atoms with Crippen LogP contribution in [0.4, 0.5) is 0 Å². The Labute approximate surface area is 291 Å². The van der Waals surface area contributed by atoms with Crippen molar-refractivity contribution in [3.8, 4) is 51.1 Å². The van der Waals surface area contributed by atoms with Crippen molar-refractivity contribution in [3.05, 3.63) is 164 Å². The van der Waals surface area contributed by atoms with Crippen LogP contribution in [0.1, 0.15) is 0 Å². The second-order valence-electron chi connectivity index (χ2n) is 12.3. The zero-order valence-electron chi connectivity index (χ0n) is 26.7. The second-order valence-corrected chi connectivity index (χ2v) is 13.4. The summed E-state index contributed by atoms with van der Waals surface area (Å²) in [6, 6.07) is 55.0. The van der Waals surface area contributed by atoms with E-state index in [-0.39, 0.29) is 0 Å².